The van der Waals surface area contributed by atoms with E-state index >= 15 is 0 Å². The van der Waals surface area contributed by atoms with E-state index in [1.54, 1.807) is 0 Å². The molecule has 2 aromatic rings. The van der Waals surface area contributed by atoms with Gasteiger partial charge in [-0.25, -0.2) is 0 Å². The summed E-state index contributed by atoms with van der Waals surface area (Å²) in [5.74, 6) is -0.975. The minimum absolute atomic E-state index is 0.0817. The van der Waals surface area contributed by atoms with Gasteiger partial charge in [0.05, 0.1) is 6.61 Å². The molecule has 0 aliphatic heterocycles. The van der Waals surface area contributed by atoms with E-state index in [1.165, 1.54) is 24.8 Å². The Kier molecular flexibility index (Phi) is 9.44. The summed E-state index contributed by atoms with van der Waals surface area (Å²) in [5.41, 5.74) is 15.3. The van der Waals surface area contributed by atoms with Gasteiger partial charge < -0.3 is 26.0 Å². The van der Waals surface area contributed by atoms with Crippen molar-refractivity contribution in [2.75, 3.05) is 6.61 Å². The molecule has 3 rings (SSSR count). The third kappa shape index (κ3) is 8.23. The van der Waals surface area contributed by atoms with Crippen LogP contribution in [0.5, 0.6) is 0 Å². The van der Waals surface area contributed by atoms with Crippen LogP contribution < -0.4 is 11.5 Å². The maximum Gasteiger partial charge on any atom is 0.320 e. The van der Waals surface area contributed by atoms with Crippen LogP contribution in [0, 0.1) is 5.41 Å². The zero-order chi connectivity index (χ0) is 23.7. The molecule has 1 saturated carbocycles. The van der Waals surface area contributed by atoms with Gasteiger partial charge in [-0.05, 0) is 54.7 Å². The third-order valence-electron chi connectivity index (χ3n) is 6.56. The molecule has 0 radical (unpaired) electrons. The zero-order valence-electron chi connectivity index (χ0n) is 19.6. The van der Waals surface area contributed by atoms with Gasteiger partial charge in [-0.2, -0.15) is 0 Å². The van der Waals surface area contributed by atoms with Crippen molar-refractivity contribution in [3.05, 3.63) is 71.3 Å². The lowest BCUT2D eigenvalue weighted by molar-refractivity contribution is -0.177. The average Bonchev–Trinajstić information content (AvgIpc) is 2.80. The van der Waals surface area contributed by atoms with Crippen molar-refractivity contribution in [2.45, 2.75) is 76.9 Å². The van der Waals surface area contributed by atoms with Crippen molar-refractivity contribution in [1.29, 1.82) is 0 Å². The van der Waals surface area contributed by atoms with E-state index in [9.17, 15) is 4.79 Å². The van der Waals surface area contributed by atoms with Crippen LogP contribution >= 0.6 is 0 Å². The molecule has 5 N–H and O–H groups in total. The monoisotopic (exact) mass is 454 g/mol. The zero-order valence-corrected chi connectivity index (χ0v) is 19.6. The first-order valence-corrected chi connectivity index (χ1v) is 12.0. The molecule has 6 heteroatoms. The van der Waals surface area contributed by atoms with E-state index in [2.05, 4.69) is 12.1 Å². The Balaban J connectivity index is 1.54. The summed E-state index contributed by atoms with van der Waals surface area (Å²) >= 11 is 0. The van der Waals surface area contributed by atoms with Gasteiger partial charge in [-0.1, -0.05) is 73.9 Å². The first-order chi connectivity index (χ1) is 15.8. The number of benzene rings is 2. The Hall–Kier alpha value is -2.25. The standard InChI is InChI=1S/C27H38N2O4/c1-20(33-25(29)17-21-8-4-2-5-9-21)32-19-27(14-6-3-7-15-27)18-23-12-10-22(11-13-23)16-24(28)26(30)31/h2,4-5,8-13,20,24-25H,3,6-7,14-19,28-29H2,1H3,(H,30,31). The second-order valence-electron chi connectivity index (χ2n) is 9.45. The minimum atomic E-state index is -0.975. The predicted molar refractivity (Wildman–Crippen MR) is 130 cm³/mol. The Bertz CT molecular complexity index is 850. The lowest BCUT2D eigenvalue weighted by atomic mass is 9.71. The van der Waals surface area contributed by atoms with E-state index < -0.39 is 18.2 Å². The molecule has 1 aliphatic carbocycles. The number of carboxylic acids is 1. The molecule has 33 heavy (non-hydrogen) atoms. The molecular formula is C27H38N2O4. The number of ether oxygens (including phenoxy) is 2. The highest BCUT2D eigenvalue weighted by Crippen LogP contribution is 2.40. The van der Waals surface area contributed by atoms with Crippen LogP contribution in [0.25, 0.3) is 0 Å². The molecule has 1 fully saturated rings. The first-order valence-electron chi connectivity index (χ1n) is 12.0. The normalized spacial score (nSPS) is 18.4. The molecule has 0 aromatic heterocycles. The highest BCUT2D eigenvalue weighted by atomic mass is 16.7. The van der Waals surface area contributed by atoms with Crippen molar-refractivity contribution < 1.29 is 19.4 Å². The molecule has 180 valence electrons. The summed E-state index contributed by atoms with van der Waals surface area (Å²) in [5, 5.41) is 9.02. The summed E-state index contributed by atoms with van der Waals surface area (Å²) in [6.07, 6.45) is 7.07. The molecule has 0 saturated heterocycles. The first kappa shape index (κ1) is 25.4. The Morgan fingerprint density at radius 2 is 1.55 bits per heavy atom. The lowest BCUT2D eigenvalue weighted by Gasteiger charge is -2.38. The van der Waals surface area contributed by atoms with Crippen LogP contribution in [0.15, 0.2) is 54.6 Å². The molecule has 0 amide bonds. The van der Waals surface area contributed by atoms with E-state index in [0.29, 0.717) is 19.4 Å². The molecule has 3 unspecified atom stereocenters. The molecule has 2 aromatic carbocycles. The van der Waals surface area contributed by atoms with Crippen LogP contribution in [0.3, 0.4) is 0 Å². The molecule has 6 nitrogen and oxygen atoms in total. The van der Waals surface area contributed by atoms with E-state index in [1.807, 2.05) is 49.4 Å². The molecule has 3 atom stereocenters. The Labute approximate surface area is 197 Å². The Morgan fingerprint density at radius 1 is 0.939 bits per heavy atom. The van der Waals surface area contributed by atoms with Gasteiger partial charge in [0.25, 0.3) is 0 Å². The average molecular weight is 455 g/mol. The molecule has 0 spiro atoms. The fourth-order valence-electron chi connectivity index (χ4n) is 4.72. The van der Waals surface area contributed by atoms with E-state index in [-0.39, 0.29) is 11.7 Å². The van der Waals surface area contributed by atoms with Crippen LogP contribution in [-0.2, 0) is 33.5 Å². The maximum atomic E-state index is 11.0. The van der Waals surface area contributed by atoms with E-state index in [4.69, 9.17) is 26.0 Å². The molecule has 0 heterocycles. The summed E-state index contributed by atoms with van der Waals surface area (Å²) in [7, 11) is 0. The van der Waals surface area contributed by atoms with Gasteiger partial charge in [0.15, 0.2) is 6.29 Å². The van der Waals surface area contributed by atoms with Gasteiger partial charge in [-0.15, -0.1) is 0 Å². The smallest absolute Gasteiger partial charge is 0.320 e. The highest BCUT2D eigenvalue weighted by Gasteiger charge is 2.33. The van der Waals surface area contributed by atoms with E-state index in [0.717, 1.165) is 30.4 Å². The topological polar surface area (TPSA) is 108 Å². The number of carboxylic acid groups (broad SMARTS) is 1. The van der Waals surface area contributed by atoms with Crippen LogP contribution in [-0.4, -0.2) is 36.2 Å². The van der Waals surface area contributed by atoms with Crippen molar-refractivity contribution >= 4 is 5.97 Å². The molecule has 0 bridgehead atoms. The summed E-state index contributed by atoms with van der Waals surface area (Å²) in [4.78, 5) is 11.0. The van der Waals surface area contributed by atoms with Crippen molar-refractivity contribution in [3.8, 4) is 0 Å². The summed E-state index contributed by atoms with van der Waals surface area (Å²) in [6.45, 7) is 2.56. The van der Waals surface area contributed by atoms with Gasteiger partial charge >= 0.3 is 5.97 Å². The number of rotatable bonds is 12. The van der Waals surface area contributed by atoms with Crippen molar-refractivity contribution in [3.63, 3.8) is 0 Å². The highest BCUT2D eigenvalue weighted by molar-refractivity contribution is 5.73. The van der Waals surface area contributed by atoms with Crippen LogP contribution in [0.2, 0.25) is 0 Å². The Morgan fingerprint density at radius 3 is 2.18 bits per heavy atom. The summed E-state index contributed by atoms with van der Waals surface area (Å²) in [6, 6.07) is 17.4. The second kappa shape index (κ2) is 12.3. The van der Waals surface area contributed by atoms with Crippen LogP contribution in [0.1, 0.15) is 55.7 Å². The van der Waals surface area contributed by atoms with Gasteiger partial charge in [0.1, 0.15) is 12.3 Å². The summed E-state index contributed by atoms with van der Waals surface area (Å²) < 4.78 is 12.1. The fraction of sp³-hybridized carbons (Fsp3) is 0.519. The number of hydrogen-bond acceptors (Lipinski definition) is 5. The van der Waals surface area contributed by atoms with Gasteiger partial charge in [0, 0.05) is 6.42 Å². The fourth-order valence-corrected chi connectivity index (χ4v) is 4.72. The lowest BCUT2D eigenvalue weighted by Crippen LogP contribution is -2.37. The SMILES string of the molecule is CC(OCC1(Cc2ccc(CC(N)C(=O)O)cc2)CCCCC1)OC(N)Cc1ccccc1. The maximum absolute atomic E-state index is 11.0. The predicted octanol–water partition coefficient (Wildman–Crippen LogP) is 4.04. The minimum Gasteiger partial charge on any atom is -0.480 e. The number of nitrogens with two attached hydrogens (primary N) is 2. The largest absolute Gasteiger partial charge is 0.480 e. The van der Waals surface area contributed by atoms with Crippen LogP contribution in [0.4, 0.5) is 0 Å². The molecule has 1 aliphatic rings. The van der Waals surface area contributed by atoms with Crippen molar-refractivity contribution in [1.82, 2.24) is 0 Å². The molecular weight excluding hydrogens is 416 g/mol. The second-order valence-corrected chi connectivity index (χ2v) is 9.45. The quantitative estimate of drug-likeness (QED) is 0.418. The van der Waals surface area contributed by atoms with Crippen molar-refractivity contribution in [2.24, 2.45) is 16.9 Å². The van der Waals surface area contributed by atoms with Gasteiger partial charge in [0.2, 0.25) is 0 Å². The number of carbonyl (C=O) groups is 1. The number of aliphatic carboxylic acids is 1. The third-order valence-corrected chi connectivity index (χ3v) is 6.56. The van der Waals surface area contributed by atoms with Gasteiger partial charge in [-0.3, -0.25) is 4.79 Å². The number of hydrogen-bond donors (Lipinski definition) is 3.